The molecule has 2 aliphatic rings. The second kappa shape index (κ2) is 10.2. The Morgan fingerprint density at radius 1 is 1.07 bits per heavy atom. The highest BCUT2D eigenvalue weighted by Crippen LogP contribution is 2.46. The number of amides is 2. The van der Waals surface area contributed by atoms with Gasteiger partial charge in [-0.25, -0.2) is 0 Å². The molecule has 0 radical (unpaired) electrons. The predicted molar refractivity (Wildman–Crippen MR) is 119 cm³/mol. The lowest BCUT2D eigenvalue weighted by Crippen LogP contribution is -2.52. The van der Waals surface area contributed by atoms with E-state index in [1.54, 1.807) is 0 Å². The van der Waals surface area contributed by atoms with Crippen LogP contribution in [0.1, 0.15) is 77.1 Å². The lowest BCUT2D eigenvalue weighted by Gasteiger charge is -2.43. The molecule has 1 aromatic rings. The van der Waals surface area contributed by atoms with Crippen LogP contribution in [-0.2, 0) is 4.79 Å². The molecule has 2 N–H and O–H groups in total. The molecule has 162 valence electrons. The van der Waals surface area contributed by atoms with E-state index in [4.69, 9.17) is 0 Å². The van der Waals surface area contributed by atoms with E-state index < -0.39 is 0 Å². The molecule has 1 saturated heterocycles. The highest BCUT2D eigenvalue weighted by Gasteiger charge is 2.45. The van der Waals surface area contributed by atoms with Crippen LogP contribution >= 0.6 is 0 Å². The van der Waals surface area contributed by atoms with Gasteiger partial charge in [-0.05, 0) is 77.1 Å². The van der Waals surface area contributed by atoms with E-state index in [1.165, 1.54) is 12.8 Å². The molecule has 1 heterocycles. The van der Waals surface area contributed by atoms with E-state index in [1.807, 2.05) is 65.0 Å². The molecule has 1 atom stereocenters. The Bertz CT molecular complexity index is 658. The van der Waals surface area contributed by atoms with E-state index in [-0.39, 0.29) is 28.8 Å². The number of nitrogens with zero attached hydrogens (tertiary/aromatic N) is 1. The summed E-state index contributed by atoms with van der Waals surface area (Å²) >= 11 is 0. The summed E-state index contributed by atoms with van der Waals surface area (Å²) in [5.74, 6) is 0.132. The molecule has 1 spiro atoms. The molecular formula is C24H39N3O2. The molecule has 0 aromatic heterocycles. The zero-order valence-corrected chi connectivity index (χ0v) is 18.9. The molecule has 5 nitrogen and oxygen atoms in total. The maximum absolute atomic E-state index is 12.6. The molecule has 1 unspecified atom stereocenters. The van der Waals surface area contributed by atoms with E-state index >= 15 is 0 Å². The van der Waals surface area contributed by atoms with Crippen molar-refractivity contribution in [3.05, 3.63) is 35.9 Å². The summed E-state index contributed by atoms with van der Waals surface area (Å²) in [5.41, 5.74) is 0.740. The van der Waals surface area contributed by atoms with Gasteiger partial charge in [0.05, 0.1) is 6.54 Å². The standard InChI is InChI=1S/C22H33N3O2.C2H6/c1-21(2,3)24-19(26)16-25-14-12-22(13-15-25)11-7-10-18(22)23-20(27)17-8-5-4-6-9-17;1-2/h4-6,8-9,18H,7,10-16H2,1-3H3,(H,23,27)(H,24,26);1-2H3. The Hall–Kier alpha value is -1.88. The molecule has 1 saturated carbocycles. The van der Waals surface area contributed by atoms with Crippen LogP contribution in [0.2, 0.25) is 0 Å². The Morgan fingerprint density at radius 3 is 2.28 bits per heavy atom. The summed E-state index contributed by atoms with van der Waals surface area (Å²) in [7, 11) is 0. The first kappa shape index (κ1) is 23.4. The summed E-state index contributed by atoms with van der Waals surface area (Å²) in [5, 5.41) is 6.35. The van der Waals surface area contributed by atoms with Gasteiger partial charge in [-0.1, -0.05) is 38.5 Å². The van der Waals surface area contributed by atoms with Crippen LogP contribution in [0.5, 0.6) is 0 Å². The van der Waals surface area contributed by atoms with Crippen molar-refractivity contribution in [1.29, 1.82) is 0 Å². The van der Waals surface area contributed by atoms with Crippen LogP contribution in [0.15, 0.2) is 30.3 Å². The minimum Gasteiger partial charge on any atom is -0.350 e. The van der Waals surface area contributed by atoms with Gasteiger partial charge in [0.2, 0.25) is 5.91 Å². The lowest BCUT2D eigenvalue weighted by molar-refractivity contribution is -0.124. The van der Waals surface area contributed by atoms with Crippen molar-refractivity contribution < 1.29 is 9.59 Å². The van der Waals surface area contributed by atoms with Crippen molar-refractivity contribution in [3.63, 3.8) is 0 Å². The fraction of sp³-hybridized carbons (Fsp3) is 0.667. The first-order valence-electron chi connectivity index (χ1n) is 11.2. The smallest absolute Gasteiger partial charge is 0.251 e. The van der Waals surface area contributed by atoms with E-state index in [0.717, 1.165) is 37.9 Å². The van der Waals surface area contributed by atoms with Gasteiger partial charge in [0, 0.05) is 17.1 Å². The maximum atomic E-state index is 12.6. The van der Waals surface area contributed by atoms with Gasteiger partial charge < -0.3 is 10.6 Å². The third-order valence-electron chi connectivity index (χ3n) is 5.98. The highest BCUT2D eigenvalue weighted by atomic mass is 16.2. The average molecular weight is 402 g/mol. The van der Waals surface area contributed by atoms with Crippen LogP contribution in [-0.4, -0.2) is 47.9 Å². The summed E-state index contributed by atoms with van der Waals surface area (Å²) < 4.78 is 0. The highest BCUT2D eigenvalue weighted by molar-refractivity contribution is 5.94. The number of hydrogen-bond acceptors (Lipinski definition) is 3. The molecule has 1 aromatic carbocycles. The molecule has 29 heavy (non-hydrogen) atoms. The first-order chi connectivity index (χ1) is 13.8. The van der Waals surface area contributed by atoms with Crippen LogP contribution in [0.4, 0.5) is 0 Å². The van der Waals surface area contributed by atoms with Gasteiger partial charge in [-0.15, -0.1) is 0 Å². The van der Waals surface area contributed by atoms with Crippen molar-refractivity contribution >= 4 is 11.8 Å². The topological polar surface area (TPSA) is 61.4 Å². The van der Waals surface area contributed by atoms with Crippen molar-refractivity contribution in [2.24, 2.45) is 5.41 Å². The molecule has 5 heteroatoms. The molecule has 1 aliphatic heterocycles. The van der Waals surface area contributed by atoms with Crippen LogP contribution in [0.3, 0.4) is 0 Å². The summed E-state index contributed by atoms with van der Waals surface area (Å²) in [6.07, 6.45) is 5.51. The lowest BCUT2D eigenvalue weighted by atomic mass is 9.74. The zero-order valence-electron chi connectivity index (χ0n) is 18.9. The van der Waals surface area contributed by atoms with Crippen LogP contribution in [0.25, 0.3) is 0 Å². The number of likely N-dealkylation sites (tertiary alicyclic amines) is 1. The molecule has 1 aliphatic carbocycles. The minimum absolute atomic E-state index is 0.0360. The van der Waals surface area contributed by atoms with E-state index in [9.17, 15) is 9.59 Å². The van der Waals surface area contributed by atoms with Gasteiger partial charge in [0.15, 0.2) is 0 Å². The maximum Gasteiger partial charge on any atom is 0.251 e. The number of benzene rings is 1. The van der Waals surface area contributed by atoms with E-state index in [0.29, 0.717) is 6.54 Å². The number of carbonyl (C=O) groups is 2. The fourth-order valence-electron chi connectivity index (χ4n) is 4.61. The molecule has 2 fully saturated rings. The third-order valence-corrected chi connectivity index (χ3v) is 5.98. The average Bonchev–Trinajstić information content (AvgIpc) is 3.06. The van der Waals surface area contributed by atoms with Gasteiger partial charge in [0.1, 0.15) is 0 Å². The van der Waals surface area contributed by atoms with Gasteiger partial charge in [-0.3, -0.25) is 14.5 Å². The normalized spacial score (nSPS) is 21.2. The Kier molecular flexibility index (Phi) is 8.26. The largest absolute Gasteiger partial charge is 0.350 e. The van der Waals surface area contributed by atoms with Gasteiger partial charge >= 0.3 is 0 Å². The van der Waals surface area contributed by atoms with Crippen molar-refractivity contribution in [1.82, 2.24) is 15.5 Å². The van der Waals surface area contributed by atoms with Crippen LogP contribution in [0, 0.1) is 5.41 Å². The second-order valence-corrected chi connectivity index (χ2v) is 9.22. The summed E-state index contributed by atoms with van der Waals surface area (Å²) in [6.45, 7) is 12.3. The fourth-order valence-corrected chi connectivity index (χ4v) is 4.61. The molecular weight excluding hydrogens is 362 g/mol. The third kappa shape index (κ3) is 6.56. The minimum atomic E-state index is -0.188. The summed E-state index contributed by atoms with van der Waals surface area (Å²) in [6, 6.07) is 9.72. The first-order valence-corrected chi connectivity index (χ1v) is 11.2. The van der Waals surface area contributed by atoms with E-state index in [2.05, 4.69) is 15.5 Å². The van der Waals surface area contributed by atoms with Gasteiger partial charge in [0.25, 0.3) is 5.91 Å². The monoisotopic (exact) mass is 401 g/mol. The number of carbonyl (C=O) groups excluding carboxylic acids is 2. The molecule has 3 rings (SSSR count). The zero-order chi connectivity index (χ0) is 21.5. The quantitative estimate of drug-likeness (QED) is 0.802. The number of hydrogen-bond donors (Lipinski definition) is 2. The number of piperidine rings is 1. The van der Waals surface area contributed by atoms with Crippen molar-refractivity contribution in [2.75, 3.05) is 19.6 Å². The number of rotatable bonds is 4. The summed E-state index contributed by atoms with van der Waals surface area (Å²) in [4.78, 5) is 27.0. The van der Waals surface area contributed by atoms with Crippen LogP contribution < -0.4 is 10.6 Å². The molecule has 0 bridgehead atoms. The van der Waals surface area contributed by atoms with Crippen molar-refractivity contribution in [2.45, 2.75) is 78.3 Å². The molecule has 2 amide bonds. The SMILES string of the molecule is CC.CC(C)(C)NC(=O)CN1CCC2(CCCC2NC(=O)c2ccccc2)CC1. The Labute approximate surface area is 176 Å². The number of nitrogens with one attached hydrogen (secondary N) is 2. The Morgan fingerprint density at radius 2 is 1.69 bits per heavy atom. The predicted octanol–water partition coefficient (Wildman–Crippen LogP) is 3.99. The van der Waals surface area contributed by atoms with Crippen molar-refractivity contribution in [3.8, 4) is 0 Å². The van der Waals surface area contributed by atoms with Gasteiger partial charge in [-0.2, -0.15) is 0 Å². The second-order valence-electron chi connectivity index (χ2n) is 9.22. The Balaban J connectivity index is 0.00000145.